The molecule has 0 saturated heterocycles. The van der Waals surface area contributed by atoms with E-state index in [1.54, 1.807) is 36.4 Å². The van der Waals surface area contributed by atoms with Gasteiger partial charge in [-0.05, 0) is 24.3 Å². The van der Waals surface area contributed by atoms with Crippen molar-refractivity contribution in [2.45, 2.75) is 0 Å². The van der Waals surface area contributed by atoms with Gasteiger partial charge in [0.25, 0.3) is 5.91 Å². The molecule has 1 amide bonds. The number of carbonyl (C=O) groups is 1. The highest BCUT2D eigenvalue weighted by atomic mass is 79.9. The number of carbonyl (C=O) groups excluding carboxylic acids is 1. The maximum absolute atomic E-state index is 12.1. The van der Waals surface area contributed by atoms with Gasteiger partial charge in [-0.1, -0.05) is 34.1 Å². The topological polar surface area (TPSA) is 116 Å². The molecule has 0 fully saturated rings. The van der Waals surface area contributed by atoms with Gasteiger partial charge in [0.05, 0.1) is 4.92 Å². The summed E-state index contributed by atoms with van der Waals surface area (Å²) >= 11 is 3.09. The Hall–Kier alpha value is -3.18. The Balaban J connectivity index is 2.39. The molecule has 0 saturated carbocycles. The molecule has 0 spiro atoms. The molecule has 2 aromatic rings. The first kappa shape index (κ1) is 17.2. The van der Waals surface area contributed by atoms with Crippen molar-refractivity contribution in [1.29, 1.82) is 5.26 Å². The molecule has 0 aromatic heterocycles. The monoisotopic (exact) mass is 387 g/mol. The molecule has 2 rings (SSSR count). The Morgan fingerprint density at radius 2 is 2.00 bits per heavy atom. The van der Waals surface area contributed by atoms with Crippen LogP contribution < -0.4 is 5.32 Å². The van der Waals surface area contributed by atoms with Crippen LogP contribution in [0.15, 0.2) is 52.5 Å². The lowest BCUT2D eigenvalue weighted by atomic mass is 10.1. The predicted octanol–water partition coefficient (Wildman–Crippen LogP) is 3.61. The number of amides is 1. The van der Waals surface area contributed by atoms with Gasteiger partial charge in [-0.2, -0.15) is 5.26 Å². The van der Waals surface area contributed by atoms with Crippen molar-refractivity contribution >= 4 is 39.3 Å². The Labute approximate surface area is 145 Å². The van der Waals surface area contributed by atoms with Crippen molar-refractivity contribution in [3.05, 3.63) is 68.2 Å². The van der Waals surface area contributed by atoms with Gasteiger partial charge in [0.2, 0.25) is 5.75 Å². The van der Waals surface area contributed by atoms with Gasteiger partial charge in [-0.15, -0.1) is 0 Å². The molecule has 0 aliphatic rings. The number of phenols is 1. The van der Waals surface area contributed by atoms with Crippen LogP contribution in [0, 0.1) is 21.4 Å². The van der Waals surface area contributed by atoms with Gasteiger partial charge < -0.3 is 10.4 Å². The maximum Gasteiger partial charge on any atom is 0.312 e. The normalized spacial score (nSPS) is 10.8. The molecule has 0 aliphatic heterocycles. The second-order valence-corrected chi connectivity index (χ2v) is 5.53. The number of aromatic hydroxyl groups is 1. The fraction of sp³-hybridized carbons (Fsp3) is 0. The number of nitro benzene ring substituents is 1. The third kappa shape index (κ3) is 3.97. The second-order valence-electron chi connectivity index (χ2n) is 4.61. The van der Waals surface area contributed by atoms with E-state index in [0.29, 0.717) is 10.2 Å². The second kappa shape index (κ2) is 7.39. The van der Waals surface area contributed by atoms with Crippen LogP contribution in [0.4, 0.5) is 11.4 Å². The zero-order chi connectivity index (χ0) is 17.7. The van der Waals surface area contributed by atoms with Gasteiger partial charge in [0, 0.05) is 21.8 Å². The number of phenolic OH excluding ortho intramolecular Hbond substituents is 1. The van der Waals surface area contributed by atoms with Gasteiger partial charge in [0.1, 0.15) is 11.6 Å². The minimum Gasteiger partial charge on any atom is -0.502 e. The lowest BCUT2D eigenvalue weighted by Gasteiger charge is -2.05. The van der Waals surface area contributed by atoms with E-state index in [1.165, 1.54) is 6.07 Å². The fourth-order valence-corrected chi connectivity index (χ4v) is 2.34. The summed E-state index contributed by atoms with van der Waals surface area (Å²) in [5.74, 6) is -1.31. The summed E-state index contributed by atoms with van der Waals surface area (Å²) in [5.41, 5.74) is -0.359. The van der Waals surface area contributed by atoms with Crippen LogP contribution >= 0.6 is 15.9 Å². The highest BCUT2D eigenvalue weighted by molar-refractivity contribution is 9.10. The summed E-state index contributed by atoms with van der Waals surface area (Å²) in [6.07, 6.45) is 1.09. The van der Waals surface area contributed by atoms with Crippen LogP contribution in [0.25, 0.3) is 6.08 Å². The molecule has 0 unspecified atom stereocenters. The fourth-order valence-electron chi connectivity index (χ4n) is 1.88. The minimum absolute atomic E-state index is 0.0177. The van der Waals surface area contributed by atoms with E-state index in [9.17, 15) is 20.0 Å². The van der Waals surface area contributed by atoms with Crippen LogP contribution in [0.2, 0.25) is 0 Å². The molecule has 0 heterocycles. The van der Waals surface area contributed by atoms with E-state index >= 15 is 0 Å². The Morgan fingerprint density at radius 1 is 1.33 bits per heavy atom. The van der Waals surface area contributed by atoms with Crippen molar-refractivity contribution in [1.82, 2.24) is 0 Å². The van der Waals surface area contributed by atoms with Crippen molar-refractivity contribution < 1.29 is 14.8 Å². The first-order chi connectivity index (χ1) is 11.4. The number of nitriles is 1. The van der Waals surface area contributed by atoms with Crippen molar-refractivity contribution in [3.63, 3.8) is 0 Å². The smallest absolute Gasteiger partial charge is 0.312 e. The number of nitro groups is 1. The highest BCUT2D eigenvalue weighted by Crippen LogP contribution is 2.34. The number of nitrogens with one attached hydrogen (secondary N) is 1. The Kier molecular flexibility index (Phi) is 5.29. The molecule has 2 N–H and O–H groups in total. The molecule has 120 valence electrons. The molecular formula is C16H10BrN3O4. The van der Waals surface area contributed by atoms with Gasteiger partial charge in [-0.25, -0.2) is 0 Å². The van der Waals surface area contributed by atoms with E-state index in [-0.39, 0.29) is 11.1 Å². The molecule has 7 nitrogen and oxygen atoms in total. The molecule has 24 heavy (non-hydrogen) atoms. The number of nitrogens with zero attached hydrogens (tertiary/aromatic N) is 2. The van der Waals surface area contributed by atoms with E-state index in [4.69, 9.17) is 5.26 Å². The number of halogens is 1. The summed E-state index contributed by atoms with van der Waals surface area (Å²) in [5, 5.41) is 32.6. The number of benzene rings is 2. The highest BCUT2D eigenvalue weighted by Gasteiger charge is 2.19. The summed E-state index contributed by atoms with van der Waals surface area (Å²) in [4.78, 5) is 22.3. The van der Waals surface area contributed by atoms with E-state index in [0.717, 1.165) is 12.1 Å². The summed E-state index contributed by atoms with van der Waals surface area (Å²) in [6.45, 7) is 0. The molecular weight excluding hydrogens is 378 g/mol. The number of hydrogen-bond acceptors (Lipinski definition) is 5. The Bertz CT molecular complexity index is 873. The molecule has 0 atom stereocenters. The average Bonchev–Trinajstić information content (AvgIpc) is 2.55. The molecule has 8 heteroatoms. The standard InChI is InChI=1S/C16H10BrN3O4/c17-12-7-10(15(21)14(8-12)20(23)24)6-11(9-18)16(22)19-13-4-2-1-3-5-13/h1-8,21H,(H,19,22)/b11-6+. The third-order valence-corrected chi connectivity index (χ3v) is 3.44. The van der Waals surface area contributed by atoms with E-state index < -0.39 is 22.3 Å². The minimum atomic E-state index is -0.756. The number of para-hydroxylation sites is 1. The number of rotatable bonds is 4. The van der Waals surface area contributed by atoms with Gasteiger partial charge in [-0.3, -0.25) is 14.9 Å². The van der Waals surface area contributed by atoms with Gasteiger partial charge in [0.15, 0.2) is 0 Å². The average molecular weight is 388 g/mol. The van der Waals surface area contributed by atoms with Crippen LogP contribution in [-0.2, 0) is 4.79 Å². The summed E-state index contributed by atoms with van der Waals surface area (Å²) in [7, 11) is 0. The quantitative estimate of drug-likeness (QED) is 0.359. The third-order valence-electron chi connectivity index (χ3n) is 2.98. The summed E-state index contributed by atoms with van der Waals surface area (Å²) < 4.78 is 0.332. The first-order valence-corrected chi connectivity index (χ1v) is 7.36. The first-order valence-electron chi connectivity index (χ1n) is 6.57. The SMILES string of the molecule is N#C/C(=C\c1cc(Br)cc([N+](=O)[O-])c1O)C(=O)Nc1ccccc1. The zero-order valence-corrected chi connectivity index (χ0v) is 13.6. The number of anilines is 1. The van der Waals surface area contributed by atoms with Crippen molar-refractivity contribution in [2.75, 3.05) is 5.32 Å². The predicted molar refractivity (Wildman–Crippen MR) is 91.1 cm³/mol. The Morgan fingerprint density at radius 3 is 2.58 bits per heavy atom. The molecule has 0 aliphatic carbocycles. The van der Waals surface area contributed by atoms with Crippen LogP contribution in [0.1, 0.15) is 5.56 Å². The van der Waals surface area contributed by atoms with Crippen LogP contribution in [0.3, 0.4) is 0 Å². The molecule has 0 radical (unpaired) electrons. The largest absolute Gasteiger partial charge is 0.502 e. The van der Waals surface area contributed by atoms with Gasteiger partial charge >= 0.3 is 5.69 Å². The van der Waals surface area contributed by atoms with Crippen LogP contribution in [0.5, 0.6) is 5.75 Å². The molecule has 0 bridgehead atoms. The van der Waals surface area contributed by atoms with E-state index in [1.807, 2.05) is 0 Å². The van der Waals surface area contributed by atoms with Crippen molar-refractivity contribution in [2.24, 2.45) is 0 Å². The molecule has 2 aromatic carbocycles. The zero-order valence-electron chi connectivity index (χ0n) is 12.1. The van der Waals surface area contributed by atoms with Crippen molar-refractivity contribution in [3.8, 4) is 11.8 Å². The van der Waals surface area contributed by atoms with Crippen LogP contribution in [-0.4, -0.2) is 15.9 Å². The summed E-state index contributed by atoms with van der Waals surface area (Å²) in [6, 6.07) is 12.7. The maximum atomic E-state index is 12.1. The lowest BCUT2D eigenvalue weighted by molar-refractivity contribution is -0.385. The number of hydrogen-bond donors (Lipinski definition) is 2. The lowest BCUT2D eigenvalue weighted by Crippen LogP contribution is -2.13. The van der Waals surface area contributed by atoms with E-state index in [2.05, 4.69) is 21.2 Å².